The number of sulfone groups is 1. The van der Waals surface area contributed by atoms with Gasteiger partial charge in [-0.05, 0) is 18.6 Å². The highest BCUT2D eigenvalue weighted by atomic mass is 32.2. The van der Waals surface area contributed by atoms with Crippen molar-refractivity contribution in [3.8, 4) is 0 Å². The first-order valence-corrected chi connectivity index (χ1v) is 8.82. The molecule has 1 aliphatic heterocycles. The van der Waals surface area contributed by atoms with E-state index in [9.17, 15) is 31.2 Å². The van der Waals surface area contributed by atoms with Gasteiger partial charge in [0, 0.05) is 13.1 Å². The molecular formula is C14H15F3N2O4S. The summed E-state index contributed by atoms with van der Waals surface area (Å²) in [5, 5.41) is 2.10. The fraction of sp³-hybridized carbons (Fsp3) is 0.429. The van der Waals surface area contributed by atoms with Gasteiger partial charge in [-0.15, -0.1) is 0 Å². The highest BCUT2D eigenvalue weighted by Gasteiger charge is 2.32. The van der Waals surface area contributed by atoms with Gasteiger partial charge in [-0.3, -0.25) is 9.59 Å². The van der Waals surface area contributed by atoms with Gasteiger partial charge in [-0.1, -0.05) is 0 Å². The summed E-state index contributed by atoms with van der Waals surface area (Å²) in [7, 11) is -1.77. The van der Waals surface area contributed by atoms with Crippen molar-refractivity contribution < 1.29 is 31.2 Å². The molecule has 132 valence electrons. The maximum atomic E-state index is 13.5. The van der Waals surface area contributed by atoms with Gasteiger partial charge < -0.3 is 10.2 Å². The van der Waals surface area contributed by atoms with Crippen LogP contribution in [0.3, 0.4) is 0 Å². The number of rotatable bonds is 4. The molecular weight excluding hydrogens is 349 g/mol. The van der Waals surface area contributed by atoms with E-state index in [1.54, 1.807) is 0 Å². The lowest BCUT2D eigenvalue weighted by Gasteiger charge is -2.23. The van der Waals surface area contributed by atoms with Gasteiger partial charge in [0.1, 0.15) is 0 Å². The molecule has 1 aromatic carbocycles. The molecule has 1 N–H and O–H groups in total. The molecule has 2 amide bonds. The minimum atomic E-state index is -3.17. The highest BCUT2D eigenvalue weighted by molar-refractivity contribution is 7.91. The Hall–Kier alpha value is -2.10. The van der Waals surface area contributed by atoms with Crippen LogP contribution in [0.25, 0.3) is 0 Å². The Morgan fingerprint density at radius 3 is 2.50 bits per heavy atom. The third kappa shape index (κ3) is 3.86. The highest BCUT2D eigenvalue weighted by Crippen LogP contribution is 2.17. The van der Waals surface area contributed by atoms with Gasteiger partial charge in [0.2, 0.25) is 5.91 Å². The molecule has 1 heterocycles. The van der Waals surface area contributed by atoms with Gasteiger partial charge in [0.15, 0.2) is 27.3 Å². The average molecular weight is 364 g/mol. The minimum Gasteiger partial charge on any atom is -0.343 e. The SMILES string of the molecule is CN(C(=O)CNC(=O)c1ccc(F)c(F)c1F)C1CCS(=O)(=O)C1. The number of likely N-dealkylation sites (N-methyl/N-ethyl adjacent to an activating group) is 1. The van der Waals surface area contributed by atoms with Crippen LogP contribution >= 0.6 is 0 Å². The van der Waals surface area contributed by atoms with Gasteiger partial charge in [0.05, 0.1) is 23.6 Å². The maximum Gasteiger partial charge on any atom is 0.254 e. The van der Waals surface area contributed by atoms with Crippen molar-refractivity contribution in [2.24, 2.45) is 0 Å². The molecule has 0 aliphatic carbocycles. The zero-order valence-electron chi connectivity index (χ0n) is 12.7. The third-order valence-corrected chi connectivity index (χ3v) is 5.58. The summed E-state index contributed by atoms with van der Waals surface area (Å²) >= 11 is 0. The number of amides is 2. The Morgan fingerprint density at radius 2 is 1.92 bits per heavy atom. The van der Waals surface area contributed by atoms with Crippen LogP contribution in [-0.4, -0.2) is 56.3 Å². The average Bonchev–Trinajstić information content (AvgIpc) is 2.89. The monoisotopic (exact) mass is 364 g/mol. The molecule has 0 saturated carbocycles. The lowest BCUT2D eigenvalue weighted by Crippen LogP contribution is -2.44. The third-order valence-electron chi connectivity index (χ3n) is 3.83. The second-order valence-electron chi connectivity index (χ2n) is 5.47. The number of hydrogen-bond acceptors (Lipinski definition) is 4. The smallest absolute Gasteiger partial charge is 0.254 e. The van der Waals surface area contributed by atoms with E-state index in [1.807, 2.05) is 0 Å². The van der Waals surface area contributed by atoms with Crippen molar-refractivity contribution in [3.05, 3.63) is 35.1 Å². The predicted octanol–water partition coefficient (Wildman–Crippen LogP) is 0.479. The van der Waals surface area contributed by atoms with E-state index in [1.165, 1.54) is 11.9 Å². The van der Waals surface area contributed by atoms with Crippen molar-refractivity contribution in [2.75, 3.05) is 25.1 Å². The topological polar surface area (TPSA) is 83.6 Å². The van der Waals surface area contributed by atoms with Crippen LogP contribution in [0.1, 0.15) is 16.8 Å². The first-order valence-electron chi connectivity index (χ1n) is 7.00. The Morgan fingerprint density at radius 1 is 1.25 bits per heavy atom. The Labute approximate surface area is 136 Å². The largest absolute Gasteiger partial charge is 0.343 e. The summed E-state index contributed by atoms with van der Waals surface area (Å²) < 4.78 is 62.2. The number of hydrogen-bond donors (Lipinski definition) is 1. The number of benzene rings is 1. The Bertz CT molecular complexity index is 782. The maximum absolute atomic E-state index is 13.5. The van der Waals surface area contributed by atoms with E-state index in [-0.39, 0.29) is 11.5 Å². The second-order valence-corrected chi connectivity index (χ2v) is 7.70. The molecule has 2 rings (SSSR count). The van der Waals surface area contributed by atoms with Crippen LogP contribution in [0.15, 0.2) is 12.1 Å². The molecule has 1 aliphatic rings. The fourth-order valence-corrected chi connectivity index (χ4v) is 4.14. The van der Waals surface area contributed by atoms with Crippen LogP contribution in [-0.2, 0) is 14.6 Å². The van der Waals surface area contributed by atoms with Gasteiger partial charge in [0.25, 0.3) is 5.91 Å². The number of carbonyl (C=O) groups excluding carboxylic acids is 2. The number of nitrogens with zero attached hydrogens (tertiary/aromatic N) is 1. The molecule has 1 aromatic rings. The molecule has 1 saturated heterocycles. The van der Waals surface area contributed by atoms with E-state index in [4.69, 9.17) is 0 Å². The lowest BCUT2D eigenvalue weighted by molar-refractivity contribution is -0.130. The van der Waals surface area contributed by atoms with Gasteiger partial charge in [-0.25, -0.2) is 21.6 Å². The van der Waals surface area contributed by atoms with Crippen LogP contribution < -0.4 is 5.32 Å². The quantitative estimate of drug-likeness (QED) is 0.788. The molecule has 1 atom stereocenters. The van der Waals surface area contributed by atoms with Crippen molar-refractivity contribution in [3.63, 3.8) is 0 Å². The summed E-state index contributed by atoms with van der Waals surface area (Å²) in [6.07, 6.45) is 0.302. The molecule has 0 radical (unpaired) electrons. The number of nitrogens with one attached hydrogen (secondary N) is 1. The summed E-state index contributed by atoms with van der Waals surface area (Å²) in [5.41, 5.74) is -0.729. The van der Waals surface area contributed by atoms with Crippen molar-refractivity contribution >= 4 is 21.7 Å². The summed E-state index contributed by atoms with van der Waals surface area (Å²) in [4.78, 5) is 24.9. The number of carbonyl (C=O) groups is 2. The van der Waals surface area contributed by atoms with E-state index >= 15 is 0 Å². The molecule has 0 aromatic heterocycles. The van der Waals surface area contributed by atoms with E-state index in [2.05, 4.69) is 5.32 Å². The van der Waals surface area contributed by atoms with E-state index in [0.717, 1.165) is 6.07 Å². The first kappa shape index (κ1) is 18.2. The van der Waals surface area contributed by atoms with Gasteiger partial charge in [-0.2, -0.15) is 0 Å². The van der Waals surface area contributed by atoms with Crippen molar-refractivity contribution in [1.82, 2.24) is 10.2 Å². The molecule has 24 heavy (non-hydrogen) atoms. The number of halogens is 3. The minimum absolute atomic E-state index is 0.0122. The summed E-state index contributed by atoms with van der Waals surface area (Å²) in [6.45, 7) is -0.523. The molecule has 0 spiro atoms. The van der Waals surface area contributed by atoms with Crippen molar-refractivity contribution in [1.29, 1.82) is 0 Å². The van der Waals surface area contributed by atoms with Crippen LogP contribution in [0.4, 0.5) is 13.2 Å². The zero-order chi connectivity index (χ0) is 18.1. The first-order chi connectivity index (χ1) is 11.1. The standard InChI is InChI=1S/C14H15F3N2O4S/c1-19(8-4-5-24(22,23)7-8)11(20)6-18-14(21)9-2-3-10(15)13(17)12(9)16/h2-3,8H,4-7H2,1H3,(H,18,21). The lowest BCUT2D eigenvalue weighted by atomic mass is 10.2. The van der Waals surface area contributed by atoms with E-state index < -0.39 is 57.3 Å². The Kier molecular flexibility index (Phi) is 5.16. The fourth-order valence-electron chi connectivity index (χ4n) is 2.36. The predicted molar refractivity (Wildman–Crippen MR) is 78.5 cm³/mol. The van der Waals surface area contributed by atoms with Crippen LogP contribution in [0.5, 0.6) is 0 Å². The normalized spacial score (nSPS) is 19.1. The Balaban J connectivity index is 1.97. The van der Waals surface area contributed by atoms with Crippen LogP contribution in [0, 0.1) is 17.5 Å². The molecule has 1 unspecified atom stereocenters. The van der Waals surface area contributed by atoms with Crippen LogP contribution in [0.2, 0.25) is 0 Å². The second kappa shape index (κ2) is 6.80. The zero-order valence-corrected chi connectivity index (χ0v) is 13.5. The summed E-state index contributed by atoms with van der Waals surface area (Å²) in [6, 6.07) is 0.880. The molecule has 6 nitrogen and oxygen atoms in total. The molecule has 1 fully saturated rings. The van der Waals surface area contributed by atoms with Gasteiger partial charge >= 0.3 is 0 Å². The van der Waals surface area contributed by atoms with Crippen molar-refractivity contribution in [2.45, 2.75) is 12.5 Å². The molecule has 10 heteroatoms. The molecule has 0 bridgehead atoms. The van der Waals surface area contributed by atoms with E-state index in [0.29, 0.717) is 12.5 Å². The summed E-state index contributed by atoms with van der Waals surface area (Å²) in [5.74, 6) is -6.66.